The van der Waals surface area contributed by atoms with E-state index in [-0.39, 0.29) is 0 Å². The summed E-state index contributed by atoms with van der Waals surface area (Å²) < 4.78 is 0. The molecule has 0 aliphatic carbocycles. The van der Waals surface area contributed by atoms with Gasteiger partial charge in [-0.1, -0.05) is 66.7 Å². The van der Waals surface area contributed by atoms with E-state index in [1.54, 1.807) is 0 Å². The molecule has 0 aliphatic heterocycles. The quantitative estimate of drug-likeness (QED) is 0.301. The fraction of sp³-hybridized carbons (Fsp3) is 0. The third kappa shape index (κ3) is 2.54. The molecule has 0 aliphatic rings. The molecule has 0 saturated heterocycles. The Morgan fingerprint density at radius 1 is 0.556 bits per heavy atom. The van der Waals surface area contributed by atoms with E-state index >= 15 is 0 Å². The predicted molar refractivity (Wildman–Crippen MR) is 115 cm³/mol. The van der Waals surface area contributed by atoms with E-state index in [0.29, 0.717) is 0 Å². The van der Waals surface area contributed by atoms with Crippen molar-refractivity contribution in [3.63, 3.8) is 0 Å². The van der Waals surface area contributed by atoms with Crippen LogP contribution in [0.4, 0.5) is 5.69 Å². The van der Waals surface area contributed by atoms with Crippen LogP contribution in [0.15, 0.2) is 97.3 Å². The van der Waals surface area contributed by atoms with Crippen LogP contribution in [0.3, 0.4) is 0 Å². The zero-order valence-electron chi connectivity index (χ0n) is 14.8. The lowest BCUT2D eigenvalue weighted by atomic mass is 9.86. The zero-order chi connectivity index (χ0) is 18.2. The molecule has 128 valence electrons. The minimum Gasteiger partial charge on any atom is -0.399 e. The van der Waals surface area contributed by atoms with Gasteiger partial charge in [-0.15, -0.1) is 0 Å². The SMILES string of the molecule is Nc1cccc(-c2c3ccccc3c(-c3cccnc3)c3ccccc23)c1. The monoisotopic (exact) mass is 346 g/mol. The van der Waals surface area contributed by atoms with Crippen molar-refractivity contribution in [1.82, 2.24) is 4.98 Å². The van der Waals surface area contributed by atoms with E-state index in [0.717, 1.165) is 16.8 Å². The van der Waals surface area contributed by atoms with Gasteiger partial charge >= 0.3 is 0 Å². The molecule has 0 amide bonds. The Hall–Kier alpha value is -3.65. The first-order chi connectivity index (χ1) is 13.3. The minimum absolute atomic E-state index is 0.775. The molecule has 2 N–H and O–H groups in total. The molecule has 27 heavy (non-hydrogen) atoms. The molecule has 0 unspecified atom stereocenters. The summed E-state index contributed by atoms with van der Waals surface area (Å²) in [5, 5.41) is 4.89. The van der Waals surface area contributed by atoms with Gasteiger partial charge in [-0.2, -0.15) is 0 Å². The highest BCUT2D eigenvalue weighted by Crippen LogP contribution is 2.43. The van der Waals surface area contributed by atoms with Gasteiger partial charge in [-0.3, -0.25) is 4.98 Å². The van der Waals surface area contributed by atoms with Crippen LogP contribution >= 0.6 is 0 Å². The van der Waals surface area contributed by atoms with Crippen LogP contribution in [0.5, 0.6) is 0 Å². The summed E-state index contributed by atoms with van der Waals surface area (Å²) in [7, 11) is 0. The average Bonchev–Trinajstić information content (AvgIpc) is 2.72. The van der Waals surface area contributed by atoms with Crippen molar-refractivity contribution in [2.45, 2.75) is 0 Å². The lowest BCUT2D eigenvalue weighted by molar-refractivity contribution is 1.33. The van der Waals surface area contributed by atoms with E-state index in [1.165, 1.54) is 32.7 Å². The second-order valence-corrected chi connectivity index (χ2v) is 6.71. The van der Waals surface area contributed by atoms with Gasteiger partial charge in [0.1, 0.15) is 0 Å². The van der Waals surface area contributed by atoms with Gasteiger partial charge in [0, 0.05) is 23.6 Å². The summed E-state index contributed by atoms with van der Waals surface area (Å²) >= 11 is 0. The van der Waals surface area contributed by atoms with Crippen molar-refractivity contribution in [3.05, 3.63) is 97.3 Å². The highest BCUT2D eigenvalue weighted by atomic mass is 14.6. The summed E-state index contributed by atoms with van der Waals surface area (Å²) in [6, 6.07) is 29.4. The number of nitrogen functional groups attached to an aromatic ring is 1. The largest absolute Gasteiger partial charge is 0.399 e. The van der Waals surface area contributed by atoms with Gasteiger partial charge < -0.3 is 5.73 Å². The lowest BCUT2D eigenvalue weighted by Gasteiger charge is -2.17. The number of aromatic nitrogens is 1. The molecule has 1 heterocycles. The van der Waals surface area contributed by atoms with E-state index < -0.39 is 0 Å². The lowest BCUT2D eigenvalue weighted by Crippen LogP contribution is -1.92. The van der Waals surface area contributed by atoms with Gasteiger partial charge in [-0.25, -0.2) is 0 Å². The minimum atomic E-state index is 0.775. The van der Waals surface area contributed by atoms with Crippen LogP contribution in [-0.4, -0.2) is 4.98 Å². The topological polar surface area (TPSA) is 38.9 Å². The fourth-order valence-electron chi connectivity index (χ4n) is 3.96. The average molecular weight is 346 g/mol. The van der Waals surface area contributed by atoms with E-state index in [9.17, 15) is 0 Å². The van der Waals surface area contributed by atoms with E-state index in [1.807, 2.05) is 30.6 Å². The number of anilines is 1. The first-order valence-electron chi connectivity index (χ1n) is 9.03. The molecule has 2 nitrogen and oxygen atoms in total. The van der Waals surface area contributed by atoms with E-state index in [2.05, 4.69) is 71.7 Å². The number of benzene rings is 4. The van der Waals surface area contributed by atoms with Crippen molar-refractivity contribution in [3.8, 4) is 22.3 Å². The maximum atomic E-state index is 6.10. The Balaban J connectivity index is 2.01. The number of hydrogen-bond acceptors (Lipinski definition) is 2. The number of rotatable bonds is 2. The zero-order valence-corrected chi connectivity index (χ0v) is 14.8. The molecule has 5 aromatic rings. The maximum Gasteiger partial charge on any atom is 0.0346 e. The molecule has 0 atom stereocenters. The first kappa shape index (κ1) is 15.6. The summed E-state index contributed by atoms with van der Waals surface area (Å²) in [6.07, 6.45) is 3.75. The van der Waals surface area contributed by atoms with Gasteiger partial charge in [0.05, 0.1) is 0 Å². The van der Waals surface area contributed by atoms with Gasteiger partial charge in [-0.05, 0) is 56.4 Å². The predicted octanol–water partition coefficient (Wildman–Crippen LogP) is 6.30. The van der Waals surface area contributed by atoms with Crippen molar-refractivity contribution in [2.24, 2.45) is 0 Å². The smallest absolute Gasteiger partial charge is 0.0346 e. The van der Waals surface area contributed by atoms with Gasteiger partial charge in [0.25, 0.3) is 0 Å². The summed E-state index contributed by atoms with van der Waals surface area (Å²) in [4.78, 5) is 4.35. The van der Waals surface area contributed by atoms with Crippen LogP contribution < -0.4 is 5.73 Å². The van der Waals surface area contributed by atoms with Crippen LogP contribution in [0.2, 0.25) is 0 Å². The van der Waals surface area contributed by atoms with Crippen LogP contribution in [-0.2, 0) is 0 Å². The molecule has 0 fully saturated rings. The normalized spacial score (nSPS) is 11.1. The molecule has 4 aromatic carbocycles. The third-order valence-corrected chi connectivity index (χ3v) is 5.06. The summed E-state index contributed by atoms with van der Waals surface area (Å²) in [5.41, 5.74) is 11.6. The highest BCUT2D eigenvalue weighted by molar-refractivity contribution is 6.21. The van der Waals surface area contributed by atoms with Gasteiger partial charge in [0.2, 0.25) is 0 Å². The maximum absolute atomic E-state index is 6.10. The second-order valence-electron chi connectivity index (χ2n) is 6.71. The Bertz CT molecular complexity index is 1220. The molecule has 5 rings (SSSR count). The first-order valence-corrected chi connectivity index (χ1v) is 9.03. The molecular weight excluding hydrogens is 328 g/mol. The number of nitrogens with two attached hydrogens (primary N) is 1. The molecule has 2 heteroatoms. The molecule has 0 radical (unpaired) electrons. The van der Waals surface area contributed by atoms with Crippen LogP contribution in [0.1, 0.15) is 0 Å². The van der Waals surface area contributed by atoms with Crippen LogP contribution in [0.25, 0.3) is 43.8 Å². The Kier molecular flexibility index (Phi) is 3.61. The number of hydrogen-bond donors (Lipinski definition) is 1. The summed E-state index contributed by atoms with van der Waals surface area (Å²) in [5.74, 6) is 0. The Morgan fingerprint density at radius 3 is 1.63 bits per heavy atom. The number of pyridine rings is 1. The summed E-state index contributed by atoms with van der Waals surface area (Å²) in [6.45, 7) is 0. The Labute approximate surface area is 157 Å². The molecule has 0 saturated carbocycles. The van der Waals surface area contributed by atoms with Crippen molar-refractivity contribution in [1.29, 1.82) is 0 Å². The van der Waals surface area contributed by atoms with Gasteiger partial charge in [0.15, 0.2) is 0 Å². The van der Waals surface area contributed by atoms with Crippen molar-refractivity contribution < 1.29 is 0 Å². The third-order valence-electron chi connectivity index (χ3n) is 5.06. The highest BCUT2D eigenvalue weighted by Gasteiger charge is 2.16. The number of fused-ring (bicyclic) bond motifs is 2. The molecule has 0 spiro atoms. The molecule has 0 bridgehead atoms. The number of nitrogens with zero attached hydrogens (tertiary/aromatic N) is 1. The van der Waals surface area contributed by atoms with Crippen LogP contribution in [0, 0.1) is 0 Å². The van der Waals surface area contributed by atoms with Crippen molar-refractivity contribution in [2.75, 3.05) is 5.73 Å². The standard InChI is InChI=1S/C25H18N2/c26-19-9-5-7-17(15-19)24-20-10-1-3-12-22(20)25(18-8-6-14-27-16-18)23-13-4-2-11-21(23)24/h1-16H,26H2. The molecule has 1 aromatic heterocycles. The molecular formula is C25H18N2. The Morgan fingerprint density at radius 2 is 1.11 bits per heavy atom. The second kappa shape index (κ2) is 6.26. The fourth-order valence-corrected chi connectivity index (χ4v) is 3.96. The van der Waals surface area contributed by atoms with Crippen molar-refractivity contribution >= 4 is 27.2 Å². The van der Waals surface area contributed by atoms with E-state index in [4.69, 9.17) is 5.73 Å².